The number of hydrogen-bond donors (Lipinski definition) is 2. The fraction of sp³-hybridized carbons (Fsp3) is 1.00. The predicted molar refractivity (Wildman–Crippen MR) is 65.5 cm³/mol. The summed E-state index contributed by atoms with van der Waals surface area (Å²) >= 11 is 0. The molecule has 1 atom stereocenters. The standard InChI is InChI=1S/C12H27N3/c1-4-11(14-13)12(2,3)15-9-7-5-6-8-10-15/h11,14H,4-10,13H2,1-3H3. The van der Waals surface area contributed by atoms with Gasteiger partial charge in [0.15, 0.2) is 0 Å². The van der Waals surface area contributed by atoms with Gasteiger partial charge in [0.25, 0.3) is 0 Å². The molecule has 0 saturated carbocycles. The molecule has 3 heteroatoms. The lowest BCUT2D eigenvalue weighted by Gasteiger charge is -2.43. The van der Waals surface area contributed by atoms with E-state index < -0.39 is 0 Å². The molecule has 1 unspecified atom stereocenters. The van der Waals surface area contributed by atoms with Crippen LogP contribution in [0.4, 0.5) is 0 Å². The van der Waals surface area contributed by atoms with E-state index in [4.69, 9.17) is 5.84 Å². The third kappa shape index (κ3) is 3.16. The first-order chi connectivity index (χ1) is 7.12. The van der Waals surface area contributed by atoms with Gasteiger partial charge in [-0.05, 0) is 46.2 Å². The highest BCUT2D eigenvalue weighted by molar-refractivity contribution is 4.92. The maximum atomic E-state index is 5.64. The number of hydrazine groups is 1. The molecule has 1 saturated heterocycles. The normalized spacial score (nSPS) is 22.4. The molecule has 1 aliphatic rings. The Kier molecular flexibility index (Phi) is 5.03. The van der Waals surface area contributed by atoms with Crippen LogP contribution in [-0.2, 0) is 0 Å². The van der Waals surface area contributed by atoms with Crippen molar-refractivity contribution in [1.82, 2.24) is 10.3 Å². The minimum Gasteiger partial charge on any atom is -0.297 e. The molecule has 0 aromatic rings. The molecule has 0 radical (unpaired) electrons. The first-order valence-corrected chi connectivity index (χ1v) is 6.34. The van der Waals surface area contributed by atoms with Crippen LogP contribution in [0.5, 0.6) is 0 Å². The van der Waals surface area contributed by atoms with Gasteiger partial charge in [0.05, 0.1) is 0 Å². The lowest BCUT2D eigenvalue weighted by molar-refractivity contribution is 0.0820. The van der Waals surface area contributed by atoms with Crippen molar-refractivity contribution < 1.29 is 0 Å². The van der Waals surface area contributed by atoms with Gasteiger partial charge in [-0.1, -0.05) is 19.8 Å². The van der Waals surface area contributed by atoms with Crippen molar-refractivity contribution in [3.05, 3.63) is 0 Å². The van der Waals surface area contributed by atoms with E-state index in [-0.39, 0.29) is 5.54 Å². The van der Waals surface area contributed by atoms with Crippen molar-refractivity contribution in [2.45, 2.75) is 64.5 Å². The molecule has 0 aromatic carbocycles. The zero-order valence-corrected chi connectivity index (χ0v) is 10.6. The maximum absolute atomic E-state index is 5.64. The third-order valence-electron chi connectivity index (χ3n) is 3.88. The van der Waals surface area contributed by atoms with Crippen LogP contribution >= 0.6 is 0 Å². The van der Waals surface area contributed by atoms with Gasteiger partial charge in [-0.15, -0.1) is 0 Å². The van der Waals surface area contributed by atoms with Gasteiger partial charge in [0, 0.05) is 11.6 Å². The van der Waals surface area contributed by atoms with Crippen LogP contribution in [0.15, 0.2) is 0 Å². The average molecular weight is 213 g/mol. The summed E-state index contributed by atoms with van der Waals surface area (Å²) < 4.78 is 0. The first kappa shape index (κ1) is 12.9. The van der Waals surface area contributed by atoms with Crippen molar-refractivity contribution in [1.29, 1.82) is 0 Å². The number of rotatable bonds is 4. The first-order valence-electron chi connectivity index (χ1n) is 6.34. The Morgan fingerprint density at radius 2 is 1.73 bits per heavy atom. The van der Waals surface area contributed by atoms with E-state index in [1.807, 2.05) is 0 Å². The minimum atomic E-state index is 0.174. The highest BCUT2D eigenvalue weighted by Crippen LogP contribution is 2.24. The summed E-state index contributed by atoms with van der Waals surface area (Å²) in [6, 6.07) is 0.385. The summed E-state index contributed by atoms with van der Waals surface area (Å²) in [5.74, 6) is 5.64. The van der Waals surface area contributed by atoms with Gasteiger partial charge in [-0.3, -0.25) is 16.2 Å². The van der Waals surface area contributed by atoms with Crippen LogP contribution in [0.3, 0.4) is 0 Å². The topological polar surface area (TPSA) is 41.3 Å². The van der Waals surface area contributed by atoms with Crippen molar-refractivity contribution in [2.24, 2.45) is 5.84 Å². The Balaban J connectivity index is 2.64. The monoisotopic (exact) mass is 213 g/mol. The van der Waals surface area contributed by atoms with Crippen molar-refractivity contribution in [3.8, 4) is 0 Å². The highest BCUT2D eigenvalue weighted by Gasteiger charge is 2.33. The summed E-state index contributed by atoms with van der Waals surface area (Å²) in [4.78, 5) is 2.61. The predicted octanol–water partition coefficient (Wildman–Crippen LogP) is 1.88. The van der Waals surface area contributed by atoms with Crippen molar-refractivity contribution in [2.75, 3.05) is 13.1 Å². The quantitative estimate of drug-likeness (QED) is 0.553. The van der Waals surface area contributed by atoms with Gasteiger partial charge < -0.3 is 0 Å². The molecule has 0 aliphatic carbocycles. The van der Waals surface area contributed by atoms with E-state index in [9.17, 15) is 0 Å². The molecule has 1 heterocycles. The molecule has 15 heavy (non-hydrogen) atoms. The summed E-state index contributed by atoms with van der Waals surface area (Å²) in [5.41, 5.74) is 3.14. The molecule has 0 aromatic heterocycles. The zero-order chi connectivity index (χ0) is 11.3. The van der Waals surface area contributed by atoms with E-state index in [0.29, 0.717) is 6.04 Å². The second-order valence-electron chi connectivity index (χ2n) is 5.18. The molecule has 90 valence electrons. The number of likely N-dealkylation sites (tertiary alicyclic amines) is 1. The second kappa shape index (κ2) is 5.83. The van der Waals surface area contributed by atoms with Crippen molar-refractivity contribution >= 4 is 0 Å². The second-order valence-corrected chi connectivity index (χ2v) is 5.18. The SMILES string of the molecule is CCC(NN)C(C)(C)N1CCCCCC1. The molecule has 3 nitrogen and oxygen atoms in total. The van der Waals surface area contributed by atoms with Crippen molar-refractivity contribution in [3.63, 3.8) is 0 Å². The molecule has 1 fully saturated rings. The van der Waals surface area contributed by atoms with Crippen LogP contribution in [0.1, 0.15) is 52.9 Å². The van der Waals surface area contributed by atoms with E-state index >= 15 is 0 Å². The van der Waals surface area contributed by atoms with Crippen LogP contribution < -0.4 is 11.3 Å². The number of nitrogens with one attached hydrogen (secondary N) is 1. The summed E-state index contributed by atoms with van der Waals surface area (Å²) in [5, 5.41) is 0. The van der Waals surface area contributed by atoms with Gasteiger partial charge in [0.1, 0.15) is 0 Å². The Labute approximate surface area is 94.4 Å². The molecular weight excluding hydrogens is 186 g/mol. The van der Waals surface area contributed by atoms with Gasteiger partial charge in [0.2, 0.25) is 0 Å². The van der Waals surface area contributed by atoms with Crippen LogP contribution in [0.2, 0.25) is 0 Å². The van der Waals surface area contributed by atoms with Gasteiger partial charge in [-0.2, -0.15) is 0 Å². The molecular formula is C12H27N3. The molecule has 0 spiro atoms. The third-order valence-corrected chi connectivity index (χ3v) is 3.88. The number of hydrogen-bond acceptors (Lipinski definition) is 3. The lowest BCUT2D eigenvalue weighted by atomic mass is 9.90. The summed E-state index contributed by atoms with van der Waals surface area (Å²) in [6.07, 6.45) is 6.54. The highest BCUT2D eigenvalue weighted by atomic mass is 15.3. The number of nitrogens with zero attached hydrogens (tertiary/aromatic N) is 1. The van der Waals surface area contributed by atoms with E-state index in [2.05, 4.69) is 31.1 Å². The molecule has 1 aliphatic heterocycles. The average Bonchev–Trinajstić information content (AvgIpc) is 2.47. The van der Waals surface area contributed by atoms with Crippen LogP contribution in [-0.4, -0.2) is 29.6 Å². The Hall–Kier alpha value is -0.120. The minimum absolute atomic E-state index is 0.174. The Morgan fingerprint density at radius 1 is 1.20 bits per heavy atom. The largest absolute Gasteiger partial charge is 0.297 e. The van der Waals surface area contributed by atoms with Crippen LogP contribution in [0.25, 0.3) is 0 Å². The van der Waals surface area contributed by atoms with E-state index in [1.165, 1.54) is 38.8 Å². The fourth-order valence-corrected chi connectivity index (χ4v) is 2.69. The summed E-state index contributed by atoms with van der Waals surface area (Å²) in [7, 11) is 0. The molecule has 0 bridgehead atoms. The summed E-state index contributed by atoms with van der Waals surface area (Å²) in [6.45, 7) is 9.28. The lowest BCUT2D eigenvalue weighted by Crippen LogP contribution is -2.59. The van der Waals surface area contributed by atoms with Gasteiger partial charge in [-0.25, -0.2) is 0 Å². The van der Waals surface area contributed by atoms with E-state index in [1.54, 1.807) is 0 Å². The number of nitrogens with two attached hydrogens (primary N) is 1. The van der Waals surface area contributed by atoms with E-state index in [0.717, 1.165) is 6.42 Å². The Morgan fingerprint density at radius 3 is 2.13 bits per heavy atom. The molecule has 3 N–H and O–H groups in total. The maximum Gasteiger partial charge on any atom is 0.0386 e. The Bertz CT molecular complexity index is 168. The van der Waals surface area contributed by atoms with Gasteiger partial charge >= 0.3 is 0 Å². The molecule has 0 amide bonds. The van der Waals surface area contributed by atoms with Crippen LogP contribution in [0, 0.1) is 0 Å². The molecule has 1 rings (SSSR count). The smallest absolute Gasteiger partial charge is 0.0386 e. The fourth-order valence-electron chi connectivity index (χ4n) is 2.69. The zero-order valence-electron chi connectivity index (χ0n) is 10.6.